The predicted octanol–water partition coefficient (Wildman–Crippen LogP) is 9.02. The molecular weight excluding hydrogens is 929 g/mol. The molecule has 2 aliphatic carbocycles. The number of aryl methyl sites for hydroxylation is 4. The third kappa shape index (κ3) is 8.20. The van der Waals surface area contributed by atoms with Crippen molar-refractivity contribution in [1.82, 2.24) is 39.3 Å². The molecular formula is C58H68N12O4. The average molecular weight is 997 g/mol. The van der Waals surface area contributed by atoms with E-state index in [1.807, 2.05) is 104 Å². The van der Waals surface area contributed by atoms with Crippen LogP contribution in [0.3, 0.4) is 0 Å². The molecule has 5 heterocycles. The highest BCUT2D eigenvalue weighted by Gasteiger charge is 2.42. The van der Waals surface area contributed by atoms with Crippen molar-refractivity contribution >= 4 is 46.4 Å². The molecule has 74 heavy (non-hydrogen) atoms. The second-order valence-corrected chi connectivity index (χ2v) is 21.8. The van der Waals surface area contributed by atoms with Crippen LogP contribution in [0.2, 0.25) is 0 Å². The van der Waals surface area contributed by atoms with Crippen LogP contribution in [-0.2, 0) is 9.59 Å². The molecule has 4 aromatic carbocycles. The van der Waals surface area contributed by atoms with Gasteiger partial charge in [-0.2, -0.15) is 0 Å². The number of carbonyl (C=O) groups excluding carboxylic acids is 4. The molecule has 6 aromatic rings. The maximum Gasteiger partial charge on any atom is 0.293 e. The number of benzene rings is 4. The van der Waals surface area contributed by atoms with E-state index < -0.39 is 12.1 Å². The van der Waals surface area contributed by atoms with Gasteiger partial charge >= 0.3 is 0 Å². The summed E-state index contributed by atoms with van der Waals surface area (Å²) in [7, 11) is 3.68. The number of hydrogen-bond donors (Lipinski definition) is 0. The fraction of sp³-hybridized carbons (Fsp3) is 0.448. The fourth-order valence-electron chi connectivity index (χ4n) is 12.7. The van der Waals surface area contributed by atoms with Gasteiger partial charge in [0, 0.05) is 62.5 Å². The van der Waals surface area contributed by atoms with Crippen LogP contribution in [0.25, 0.3) is 34.2 Å². The minimum absolute atomic E-state index is 0.0601. The van der Waals surface area contributed by atoms with Crippen LogP contribution in [-0.4, -0.2) is 126 Å². The van der Waals surface area contributed by atoms with E-state index in [0.717, 1.165) is 119 Å². The molecule has 16 heteroatoms. The zero-order chi connectivity index (χ0) is 52.0. The normalized spacial score (nSPS) is 21.5. The Hall–Kier alpha value is -7.36. The van der Waals surface area contributed by atoms with Gasteiger partial charge in [-0.3, -0.25) is 19.2 Å². The highest BCUT2D eigenvalue weighted by Crippen LogP contribution is 2.44. The van der Waals surface area contributed by atoms with Crippen LogP contribution in [0.1, 0.15) is 123 Å². The summed E-state index contributed by atoms with van der Waals surface area (Å²) in [5, 5.41) is 9.99. The van der Waals surface area contributed by atoms with E-state index in [-0.39, 0.29) is 72.5 Å². The van der Waals surface area contributed by atoms with Gasteiger partial charge in [0.15, 0.2) is 11.6 Å². The molecule has 4 atom stereocenters. The summed E-state index contributed by atoms with van der Waals surface area (Å²) in [6.07, 6.45) is 8.65. The van der Waals surface area contributed by atoms with E-state index in [9.17, 15) is 19.2 Å². The first-order valence-corrected chi connectivity index (χ1v) is 26.6. The summed E-state index contributed by atoms with van der Waals surface area (Å²) in [5.41, 5.74) is 11.0. The number of aromatic nitrogens is 6. The Morgan fingerprint density at radius 2 is 0.851 bits per heavy atom. The van der Waals surface area contributed by atoms with Crippen molar-refractivity contribution in [3.05, 3.63) is 107 Å². The summed E-state index contributed by atoms with van der Waals surface area (Å²) < 4.78 is 3.56. The van der Waals surface area contributed by atoms with Gasteiger partial charge in [0.05, 0.1) is 34.1 Å². The van der Waals surface area contributed by atoms with Gasteiger partial charge in [-0.05, 0) is 141 Å². The molecule has 0 bridgehead atoms. The number of nitrogens with zero attached hydrogens (tertiary/aromatic N) is 12. The summed E-state index contributed by atoms with van der Waals surface area (Å²) in [4.78, 5) is 78.7. The quantitative estimate of drug-likeness (QED) is 0.145. The fourth-order valence-corrected chi connectivity index (χ4v) is 12.7. The molecule has 11 rings (SSSR count). The Bertz CT molecular complexity index is 3020. The van der Waals surface area contributed by atoms with Gasteiger partial charge in [0.2, 0.25) is 23.5 Å². The highest BCUT2D eigenvalue weighted by atomic mass is 16.2. The maximum absolute atomic E-state index is 14.9. The number of fused-ring (bicyclic) bond motifs is 2. The molecule has 1 saturated heterocycles. The largest absolute Gasteiger partial charge is 0.355 e. The Morgan fingerprint density at radius 1 is 0.486 bits per heavy atom. The van der Waals surface area contributed by atoms with E-state index in [0.29, 0.717) is 11.6 Å². The van der Waals surface area contributed by atoms with Crippen LogP contribution in [0.15, 0.2) is 72.8 Å². The molecule has 3 aliphatic heterocycles. The summed E-state index contributed by atoms with van der Waals surface area (Å²) in [6.45, 7) is 16.5. The third-order valence-corrected chi connectivity index (χ3v) is 16.7. The monoisotopic (exact) mass is 997 g/mol. The lowest BCUT2D eigenvalue weighted by Gasteiger charge is -2.43. The molecule has 2 saturated carbocycles. The van der Waals surface area contributed by atoms with Crippen molar-refractivity contribution in [2.45, 2.75) is 143 Å². The zero-order valence-electron chi connectivity index (χ0n) is 44.5. The smallest absolute Gasteiger partial charge is 0.293 e. The third-order valence-electron chi connectivity index (χ3n) is 16.7. The van der Waals surface area contributed by atoms with E-state index >= 15 is 0 Å². The van der Waals surface area contributed by atoms with Gasteiger partial charge in [-0.25, -0.2) is 19.3 Å². The second kappa shape index (κ2) is 18.8. The number of hydrogen-bond acceptors (Lipinski definition) is 10. The van der Waals surface area contributed by atoms with Crippen LogP contribution in [0.5, 0.6) is 0 Å². The summed E-state index contributed by atoms with van der Waals surface area (Å²) in [5.74, 6) is 0.657. The van der Waals surface area contributed by atoms with Crippen molar-refractivity contribution in [1.29, 1.82) is 0 Å². The number of piperazine rings is 1. The number of amides is 4. The SMILES string of the molecule is Cc1ccc(-n2nc(C(=O)N3C[C@H](C)N(C(=O)c4nc(-c5ccc6c(c5)N(C5CCCC5)[C@H](C)C(=O)N6C)n(-c5ccc(C)cc5C)n4)C[C@H]3C)nc2-c2ccc3c(c2)N(C2CCCC2)[C@H](C)C(=O)N3C)c(C)c1. The Balaban J connectivity index is 0.914. The minimum Gasteiger partial charge on any atom is -0.355 e. The molecule has 3 fully saturated rings. The molecule has 0 unspecified atom stereocenters. The Kier molecular flexibility index (Phi) is 12.4. The summed E-state index contributed by atoms with van der Waals surface area (Å²) >= 11 is 0. The van der Waals surface area contributed by atoms with Gasteiger partial charge in [-0.1, -0.05) is 61.1 Å². The topological polar surface area (TPSA) is 149 Å². The van der Waals surface area contributed by atoms with Gasteiger partial charge in [-0.15, -0.1) is 10.2 Å². The van der Waals surface area contributed by atoms with Gasteiger partial charge < -0.3 is 29.4 Å². The standard InChI is InChI=1S/C58H68N12O4/c1-33-19-23-45(35(3)27-33)69-53(41-21-25-47-49(29-41)67(43-15-11-12-16-43)39(7)55(71)63(47)9)59-51(61-69)57(73)65-31-38(6)66(32-37(65)5)58(74)52-60-54(70(62-52)46-24-20-34(2)28-36(46)4)42-22-26-48-50(30-42)68(44-17-13-14-18-44)40(8)56(72)64(48)10/h19-30,37-40,43-44H,11-18,31-32H2,1-10H3/t37-,38+,39-,40-/m1/s1. The van der Waals surface area contributed by atoms with E-state index in [4.69, 9.17) is 20.2 Å². The van der Waals surface area contributed by atoms with Crippen LogP contribution < -0.4 is 19.6 Å². The molecule has 5 aliphatic rings. The van der Waals surface area contributed by atoms with E-state index in [1.165, 1.54) is 0 Å². The van der Waals surface area contributed by atoms with Gasteiger partial charge in [0.25, 0.3) is 11.8 Å². The number of rotatable bonds is 8. The maximum atomic E-state index is 14.9. The first-order chi connectivity index (χ1) is 35.5. The minimum atomic E-state index is -0.401. The molecule has 0 N–H and O–H groups in total. The number of anilines is 4. The first-order valence-electron chi connectivity index (χ1n) is 26.6. The molecule has 16 nitrogen and oxygen atoms in total. The van der Waals surface area contributed by atoms with Crippen molar-refractivity contribution in [3.63, 3.8) is 0 Å². The molecule has 4 amide bonds. The lowest BCUT2D eigenvalue weighted by Crippen LogP contribution is -2.59. The summed E-state index contributed by atoms with van der Waals surface area (Å²) in [6, 6.07) is 23.5. The van der Waals surface area contributed by atoms with Crippen molar-refractivity contribution in [2.24, 2.45) is 0 Å². The lowest BCUT2D eigenvalue weighted by atomic mass is 10.0. The van der Waals surface area contributed by atoms with Crippen molar-refractivity contribution in [2.75, 3.05) is 46.8 Å². The molecule has 0 radical (unpaired) electrons. The number of carbonyl (C=O) groups is 4. The highest BCUT2D eigenvalue weighted by molar-refractivity contribution is 6.07. The zero-order valence-corrected chi connectivity index (χ0v) is 44.5. The Morgan fingerprint density at radius 3 is 1.22 bits per heavy atom. The van der Waals surface area contributed by atoms with Crippen molar-refractivity contribution < 1.29 is 19.2 Å². The van der Waals surface area contributed by atoms with Crippen LogP contribution >= 0.6 is 0 Å². The number of likely N-dealkylation sites (N-methyl/N-ethyl adjacent to an activating group) is 2. The van der Waals surface area contributed by atoms with E-state index in [1.54, 1.807) is 29.0 Å². The van der Waals surface area contributed by atoms with Crippen LogP contribution in [0.4, 0.5) is 22.7 Å². The van der Waals surface area contributed by atoms with Gasteiger partial charge in [0.1, 0.15) is 12.1 Å². The predicted molar refractivity (Wildman–Crippen MR) is 289 cm³/mol. The second-order valence-electron chi connectivity index (χ2n) is 21.8. The average Bonchev–Trinajstić information content (AvgIpc) is 4.25. The first kappa shape index (κ1) is 48.9. The van der Waals surface area contributed by atoms with E-state index in [2.05, 4.69) is 47.9 Å². The van der Waals surface area contributed by atoms with Crippen molar-refractivity contribution in [3.8, 4) is 34.2 Å². The van der Waals surface area contributed by atoms with Crippen LogP contribution in [0, 0.1) is 27.7 Å². The Labute approximate surface area is 433 Å². The molecule has 384 valence electrons. The lowest BCUT2D eigenvalue weighted by molar-refractivity contribution is -0.120. The molecule has 2 aromatic heterocycles. The molecule has 0 spiro atoms.